The number of rotatable bonds is 7. The summed E-state index contributed by atoms with van der Waals surface area (Å²) in [4.78, 5) is 15.0. The highest BCUT2D eigenvalue weighted by Crippen LogP contribution is 2.40. The van der Waals surface area contributed by atoms with Gasteiger partial charge in [0.1, 0.15) is 17.7 Å². The minimum absolute atomic E-state index is 0.0512. The van der Waals surface area contributed by atoms with Crippen molar-refractivity contribution in [1.29, 1.82) is 0 Å². The summed E-state index contributed by atoms with van der Waals surface area (Å²) in [5, 5.41) is 0. The van der Waals surface area contributed by atoms with Crippen molar-refractivity contribution in [3.05, 3.63) is 83.4 Å². The number of methoxy groups -OCH3 is 1. The first-order chi connectivity index (χ1) is 18.0. The molecule has 2 heterocycles. The van der Waals surface area contributed by atoms with E-state index in [-0.39, 0.29) is 36.5 Å². The lowest BCUT2D eigenvalue weighted by Gasteiger charge is -2.35. The molecule has 0 saturated carbocycles. The van der Waals surface area contributed by atoms with E-state index in [1.807, 2.05) is 0 Å². The minimum atomic E-state index is -4.74. The summed E-state index contributed by atoms with van der Waals surface area (Å²) < 4.78 is 92.6. The van der Waals surface area contributed by atoms with Crippen LogP contribution in [0.4, 0.5) is 23.2 Å². The fourth-order valence-corrected chi connectivity index (χ4v) is 5.39. The SMILES string of the molecule is COC(=O)CC[C@H]1CN(S(=O)(=O)c2cccc(C(F)(F)F)c2)c2cc(/C=C/c3ncccc3F)ccc2O1. The quantitative estimate of drug-likeness (QED) is 0.293. The summed E-state index contributed by atoms with van der Waals surface area (Å²) in [6, 6.07) is 10.7. The second-order valence-electron chi connectivity index (χ2n) is 8.35. The van der Waals surface area contributed by atoms with E-state index in [9.17, 15) is 30.8 Å². The van der Waals surface area contributed by atoms with Gasteiger partial charge in [-0.3, -0.25) is 14.1 Å². The van der Waals surface area contributed by atoms with Crippen molar-refractivity contribution >= 4 is 33.8 Å². The number of sulfonamides is 1. The van der Waals surface area contributed by atoms with Crippen molar-refractivity contribution in [1.82, 2.24) is 4.98 Å². The monoisotopic (exact) mass is 550 g/mol. The van der Waals surface area contributed by atoms with E-state index >= 15 is 0 Å². The Morgan fingerprint density at radius 2 is 1.95 bits per heavy atom. The average Bonchev–Trinajstić information content (AvgIpc) is 2.90. The number of alkyl halides is 3. The van der Waals surface area contributed by atoms with Gasteiger partial charge in [0.25, 0.3) is 10.0 Å². The molecule has 0 bridgehead atoms. The normalized spacial score (nSPS) is 15.7. The third-order valence-electron chi connectivity index (χ3n) is 5.78. The van der Waals surface area contributed by atoms with Crippen LogP contribution in [0.1, 0.15) is 29.7 Å². The topological polar surface area (TPSA) is 85.8 Å². The van der Waals surface area contributed by atoms with Crippen LogP contribution < -0.4 is 9.04 Å². The number of esters is 1. The molecule has 1 aliphatic rings. The van der Waals surface area contributed by atoms with E-state index in [1.165, 1.54) is 49.7 Å². The smallest absolute Gasteiger partial charge is 0.416 e. The average molecular weight is 551 g/mol. The second kappa shape index (κ2) is 10.8. The van der Waals surface area contributed by atoms with Gasteiger partial charge in [0, 0.05) is 12.6 Å². The van der Waals surface area contributed by atoms with Gasteiger partial charge in [0.15, 0.2) is 0 Å². The molecule has 38 heavy (non-hydrogen) atoms. The third-order valence-corrected chi connectivity index (χ3v) is 7.56. The molecule has 0 fully saturated rings. The maximum Gasteiger partial charge on any atom is 0.416 e. The molecule has 0 saturated heterocycles. The molecule has 0 unspecified atom stereocenters. The second-order valence-corrected chi connectivity index (χ2v) is 10.2. The van der Waals surface area contributed by atoms with Crippen molar-refractivity contribution < 1.29 is 40.2 Å². The number of anilines is 1. The highest BCUT2D eigenvalue weighted by atomic mass is 32.2. The van der Waals surface area contributed by atoms with E-state index in [0.29, 0.717) is 11.6 Å². The molecular formula is C26H22F4N2O5S. The number of halogens is 4. The van der Waals surface area contributed by atoms with Gasteiger partial charge in [-0.05, 0) is 60.5 Å². The number of carbonyl (C=O) groups excluding carboxylic acids is 1. The molecular weight excluding hydrogens is 528 g/mol. The summed E-state index contributed by atoms with van der Waals surface area (Å²) in [5.41, 5.74) is -0.490. The lowest BCUT2D eigenvalue weighted by Crippen LogP contribution is -2.43. The Balaban J connectivity index is 1.74. The van der Waals surface area contributed by atoms with Crippen LogP contribution in [-0.4, -0.2) is 39.1 Å². The number of hydrogen-bond acceptors (Lipinski definition) is 6. The van der Waals surface area contributed by atoms with Crippen LogP contribution >= 0.6 is 0 Å². The molecule has 3 aromatic rings. The highest BCUT2D eigenvalue weighted by molar-refractivity contribution is 7.92. The van der Waals surface area contributed by atoms with Gasteiger partial charge >= 0.3 is 12.1 Å². The lowest BCUT2D eigenvalue weighted by atomic mass is 10.1. The molecule has 1 aliphatic heterocycles. The van der Waals surface area contributed by atoms with Gasteiger partial charge in [-0.15, -0.1) is 0 Å². The number of fused-ring (bicyclic) bond motifs is 1. The van der Waals surface area contributed by atoms with Crippen LogP contribution in [0.25, 0.3) is 12.2 Å². The summed E-state index contributed by atoms with van der Waals surface area (Å²) in [7, 11) is -3.27. The Kier molecular flexibility index (Phi) is 7.72. The predicted molar refractivity (Wildman–Crippen MR) is 131 cm³/mol. The highest BCUT2D eigenvalue weighted by Gasteiger charge is 2.37. The van der Waals surface area contributed by atoms with Crippen LogP contribution in [-0.2, 0) is 25.7 Å². The minimum Gasteiger partial charge on any atom is -0.486 e. The maximum atomic E-state index is 14.0. The summed E-state index contributed by atoms with van der Waals surface area (Å²) in [5.74, 6) is -0.913. The molecule has 0 radical (unpaired) electrons. The molecule has 1 atom stereocenters. The van der Waals surface area contributed by atoms with Gasteiger partial charge in [-0.1, -0.05) is 18.2 Å². The molecule has 1 aromatic heterocycles. The molecule has 0 N–H and O–H groups in total. The van der Waals surface area contributed by atoms with Crippen LogP contribution in [0, 0.1) is 5.82 Å². The van der Waals surface area contributed by atoms with Crippen molar-refractivity contribution in [3.8, 4) is 5.75 Å². The summed E-state index contributed by atoms with van der Waals surface area (Å²) in [6.45, 7) is -0.259. The molecule has 0 amide bonds. The van der Waals surface area contributed by atoms with Crippen molar-refractivity contribution in [2.75, 3.05) is 18.0 Å². The van der Waals surface area contributed by atoms with Crippen LogP contribution in [0.3, 0.4) is 0 Å². The van der Waals surface area contributed by atoms with Gasteiger partial charge < -0.3 is 9.47 Å². The number of nitrogens with zero attached hydrogens (tertiary/aromatic N) is 2. The van der Waals surface area contributed by atoms with Gasteiger partial charge in [-0.2, -0.15) is 13.2 Å². The van der Waals surface area contributed by atoms with E-state index in [2.05, 4.69) is 9.72 Å². The van der Waals surface area contributed by atoms with E-state index < -0.39 is 44.5 Å². The zero-order chi connectivity index (χ0) is 27.5. The molecule has 7 nitrogen and oxygen atoms in total. The predicted octanol–water partition coefficient (Wildman–Crippen LogP) is 5.32. The first-order valence-electron chi connectivity index (χ1n) is 11.3. The summed E-state index contributed by atoms with van der Waals surface area (Å²) >= 11 is 0. The van der Waals surface area contributed by atoms with Crippen LogP contribution in [0.15, 0.2) is 65.7 Å². The number of hydrogen-bond donors (Lipinski definition) is 0. The number of carbonyl (C=O) groups is 1. The largest absolute Gasteiger partial charge is 0.486 e. The molecule has 0 aliphatic carbocycles. The number of aromatic nitrogens is 1. The Morgan fingerprint density at radius 3 is 2.66 bits per heavy atom. The first-order valence-corrected chi connectivity index (χ1v) is 12.8. The zero-order valence-electron chi connectivity index (χ0n) is 20.0. The maximum absolute atomic E-state index is 14.0. The van der Waals surface area contributed by atoms with Crippen molar-refractivity contribution in [2.24, 2.45) is 0 Å². The van der Waals surface area contributed by atoms with E-state index in [4.69, 9.17) is 4.74 Å². The standard InChI is InChI=1S/C26H22F4N2O5S/c1-36-25(33)12-9-19-16-32(38(34,35)20-5-2-4-18(15-20)26(28,29)30)23-14-17(8-11-24(23)37-19)7-10-22-21(27)6-3-13-31-22/h2-8,10-11,13-15,19H,9,12,16H2,1H3/b10-7+/t19-/m0/s1. The van der Waals surface area contributed by atoms with E-state index in [1.54, 1.807) is 6.07 Å². The molecule has 0 spiro atoms. The van der Waals surface area contributed by atoms with Crippen molar-refractivity contribution in [3.63, 3.8) is 0 Å². The number of pyridine rings is 1. The van der Waals surface area contributed by atoms with Gasteiger partial charge in [0.05, 0.1) is 35.5 Å². The Hall–Kier alpha value is -3.93. The third kappa shape index (κ3) is 5.96. The van der Waals surface area contributed by atoms with Crippen LogP contribution in [0.5, 0.6) is 5.75 Å². The molecule has 2 aromatic carbocycles. The van der Waals surface area contributed by atoms with Crippen LogP contribution in [0.2, 0.25) is 0 Å². The zero-order valence-corrected chi connectivity index (χ0v) is 20.8. The van der Waals surface area contributed by atoms with Gasteiger partial charge in [-0.25, -0.2) is 12.8 Å². The van der Waals surface area contributed by atoms with Crippen molar-refractivity contribution in [2.45, 2.75) is 30.0 Å². The molecule has 200 valence electrons. The Morgan fingerprint density at radius 1 is 1.16 bits per heavy atom. The lowest BCUT2D eigenvalue weighted by molar-refractivity contribution is -0.141. The van der Waals surface area contributed by atoms with E-state index in [0.717, 1.165) is 22.5 Å². The van der Waals surface area contributed by atoms with Gasteiger partial charge in [0.2, 0.25) is 0 Å². The Bertz CT molecular complexity index is 1470. The number of ether oxygens (including phenoxy) is 2. The fourth-order valence-electron chi connectivity index (χ4n) is 3.85. The fraction of sp³-hybridized carbons (Fsp3) is 0.231. The molecule has 12 heteroatoms. The molecule has 4 rings (SSSR count). The number of benzene rings is 2. The Labute approximate surface area is 216 Å². The first kappa shape index (κ1) is 27.1. The summed E-state index contributed by atoms with van der Waals surface area (Å²) in [6.07, 6.45) is -1.11.